The van der Waals surface area contributed by atoms with Gasteiger partial charge in [-0.25, -0.2) is 0 Å². The lowest BCUT2D eigenvalue weighted by Gasteiger charge is -2.38. The number of carbonyl (C=O) groups excluding carboxylic acids is 1. The van der Waals surface area contributed by atoms with Crippen molar-refractivity contribution in [3.05, 3.63) is 0 Å². The first kappa shape index (κ1) is 12.4. The maximum absolute atomic E-state index is 10.8. The fraction of sp³-hybridized carbons (Fsp3) is 0.900. The van der Waals surface area contributed by atoms with E-state index in [4.69, 9.17) is 16.2 Å². The molecule has 0 aliphatic carbocycles. The van der Waals surface area contributed by atoms with Crippen molar-refractivity contribution in [3.8, 4) is 0 Å². The molecule has 4 N–H and O–H groups in total. The van der Waals surface area contributed by atoms with E-state index >= 15 is 0 Å². The van der Waals surface area contributed by atoms with Gasteiger partial charge in [0.15, 0.2) is 0 Å². The second-order valence-electron chi connectivity index (χ2n) is 4.68. The van der Waals surface area contributed by atoms with Gasteiger partial charge in [0.05, 0.1) is 18.2 Å². The number of morpholine rings is 1. The Kier molecular flexibility index (Phi) is 4.07. The minimum Gasteiger partial charge on any atom is -0.373 e. The van der Waals surface area contributed by atoms with Crippen molar-refractivity contribution in [1.82, 2.24) is 4.90 Å². The van der Waals surface area contributed by atoms with Crippen LogP contribution in [0.25, 0.3) is 0 Å². The molecular formula is C10H21N3O2. The Morgan fingerprint density at radius 3 is 2.80 bits per heavy atom. The molecular weight excluding hydrogens is 194 g/mol. The first-order valence-electron chi connectivity index (χ1n) is 5.32. The summed E-state index contributed by atoms with van der Waals surface area (Å²) in [5.74, 6) is -0.428. The number of nitrogens with two attached hydrogens (primary N) is 2. The molecule has 1 aliphatic heterocycles. The standard InChI is InChI=1S/C10H21N3O2/c1-10(2)7-13(5-6-15-10)4-3-8(11)9(12)14/h8H,3-7,11H2,1-2H3,(H2,12,14). The van der Waals surface area contributed by atoms with Crippen LogP contribution < -0.4 is 11.5 Å². The summed E-state index contributed by atoms with van der Waals surface area (Å²) in [6.07, 6.45) is 0.616. The van der Waals surface area contributed by atoms with E-state index in [1.54, 1.807) is 0 Å². The summed E-state index contributed by atoms with van der Waals surface area (Å²) in [5, 5.41) is 0. The van der Waals surface area contributed by atoms with Crippen LogP contribution in [0.2, 0.25) is 0 Å². The number of ether oxygens (including phenoxy) is 1. The van der Waals surface area contributed by atoms with Gasteiger partial charge in [-0.1, -0.05) is 0 Å². The molecule has 88 valence electrons. The molecule has 15 heavy (non-hydrogen) atoms. The minimum absolute atomic E-state index is 0.102. The Labute approximate surface area is 90.7 Å². The zero-order chi connectivity index (χ0) is 11.5. The molecule has 1 rings (SSSR count). The summed E-state index contributed by atoms with van der Waals surface area (Å²) in [6.45, 7) is 7.43. The minimum atomic E-state index is -0.532. The van der Waals surface area contributed by atoms with E-state index in [2.05, 4.69) is 18.7 Å². The lowest BCUT2D eigenvalue weighted by Crippen LogP contribution is -2.49. The lowest BCUT2D eigenvalue weighted by atomic mass is 10.1. The number of hydrogen-bond donors (Lipinski definition) is 2. The molecule has 0 spiro atoms. The van der Waals surface area contributed by atoms with Crippen LogP contribution in [0.1, 0.15) is 20.3 Å². The third-order valence-corrected chi connectivity index (χ3v) is 2.63. The Morgan fingerprint density at radius 2 is 2.27 bits per heavy atom. The number of rotatable bonds is 4. The number of amides is 1. The van der Waals surface area contributed by atoms with E-state index in [0.29, 0.717) is 6.42 Å². The quantitative estimate of drug-likeness (QED) is 0.649. The molecule has 5 nitrogen and oxygen atoms in total. The third-order valence-electron chi connectivity index (χ3n) is 2.63. The van der Waals surface area contributed by atoms with E-state index in [1.807, 2.05) is 0 Å². The van der Waals surface area contributed by atoms with E-state index < -0.39 is 11.9 Å². The first-order chi connectivity index (χ1) is 6.91. The smallest absolute Gasteiger partial charge is 0.234 e. The molecule has 1 unspecified atom stereocenters. The topological polar surface area (TPSA) is 81.6 Å². The molecule has 1 atom stereocenters. The Bertz CT molecular complexity index is 231. The van der Waals surface area contributed by atoms with Crippen LogP contribution in [0.3, 0.4) is 0 Å². The molecule has 1 amide bonds. The first-order valence-corrected chi connectivity index (χ1v) is 5.32. The van der Waals surface area contributed by atoms with Gasteiger partial charge in [-0.3, -0.25) is 9.69 Å². The van der Waals surface area contributed by atoms with E-state index in [-0.39, 0.29) is 5.60 Å². The van der Waals surface area contributed by atoms with Crippen LogP contribution in [0.5, 0.6) is 0 Å². The second-order valence-corrected chi connectivity index (χ2v) is 4.68. The monoisotopic (exact) mass is 215 g/mol. The Balaban J connectivity index is 2.30. The average Bonchev–Trinajstić information content (AvgIpc) is 2.12. The van der Waals surface area contributed by atoms with Gasteiger partial charge in [0.1, 0.15) is 0 Å². The number of primary amides is 1. The van der Waals surface area contributed by atoms with Crippen molar-refractivity contribution in [2.75, 3.05) is 26.2 Å². The van der Waals surface area contributed by atoms with Gasteiger partial charge in [-0.15, -0.1) is 0 Å². The number of nitrogens with zero attached hydrogens (tertiary/aromatic N) is 1. The second kappa shape index (κ2) is 4.92. The van der Waals surface area contributed by atoms with E-state index in [1.165, 1.54) is 0 Å². The summed E-state index contributed by atoms with van der Waals surface area (Å²) in [6, 6.07) is -0.532. The summed E-state index contributed by atoms with van der Waals surface area (Å²) in [5.41, 5.74) is 10.6. The highest BCUT2D eigenvalue weighted by molar-refractivity contribution is 5.79. The number of carbonyl (C=O) groups is 1. The zero-order valence-corrected chi connectivity index (χ0v) is 9.53. The lowest BCUT2D eigenvalue weighted by molar-refractivity contribution is -0.119. The molecule has 1 fully saturated rings. The maximum atomic E-state index is 10.8. The maximum Gasteiger partial charge on any atom is 0.234 e. The number of hydrogen-bond acceptors (Lipinski definition) is 4. The van der Waals surface area contributed by atoms with Crippen LogP contribution >= 0.6 is 0 Å². The van der Waals surface area contributed by atoms with Crippen molar-refractivity contribution in [2.45, 2.75) is 31.9 Å². The molecule has 0 bridgehead atoms. The molecule has 0 radical (unpaired) electrons. The molecule has 1 aliphatic rings. The van der Waals surface area contributed by atoms with Crippen molar-refractivity contribution in [2.24, 2.45) is 11.5 Å². The van der Waals surface area contributed by atoms with Crippen LogP contribution in [0, 0.1) is 0 Å². The normalized spacial score (nSPS) is 23.7. The van der Waals surface area contributed by atoms with E-state index in [9.17, 15) is 4.79 Å². The molecule has 5 heteroatoms. The van der Waals surface area contributed by atoms with Gasteiger partial charge >= 0.3 is 0 Å². The Hall–Kier alpha value is -0.650. The zero-order valence-electron chi connectivity index (χ0n) is 9.53. The summed E-state index contributed by atoms with van der Waals surface area (Å²) in [7, 11) is 0. The molecule has 0 aromatic rings. The van der Waals surface area contributed by atoms with Gasteiger partial charge in [0.25, 0.3) is 0 Å². The van der Waals surface area contributed by atoms with Gasteiger partial charge in [-0.2, -0.15) is 0 Å². The van der Waals surface area contributed by atoms with Crippen molar-refractivity contribution >= 4 is 5.91 Å². The highest BCUT2D eigenvalue weighted by Gasteiger charge is 2.27. The van der Waals surface area contributed by atoms with Gasteiger partial charge in [0, 0.05) is 19.6 Å². The van der Waals surface area contributed by atoms with Crippen molar-refractivity contribution < 1.29 is 9.53 Å². The summed E-state index contributed by atoms with van der Waals surface area (Å²) in [4.78, 5) is 13.0. The molecule has 1 heterocycles. The molecule has 1 saturated heterocycles. The SMILES string of the molecule is CC1(C)CN(CCC(N)C(N)=O)CCO1. The van der Waals surface area contributed by atoms with Crippen molar-refractivity contribution in [1.29, 1.82) is 0 Å². The molecule has 0 aromatic carbocycles. The average molecular weight is 215 g/mol. The highest BCUT2D eigenvalue weighted by Crippen LogP contribution is 2.16. The van der Waals surface area contributed by atoms with Crippen LogP contribution in [-0.4, -0.2) is 48.7 Å². The third kappa shape index (κ3) is 4.15. The van der Waals surface area contributed by atoms with Gasteiger partial charge in [0.2, 0.25) is 5.91 Å². The summed E-state index contributed by atoms with van der Waals surface area (Å²) < 4.78 is 5.59. The Morgan fingerprint density at radius 1 is 1.60 bits per heavy atom. The van der Waals surface area contributed by atoms with Gasteiger partial charge < -0.3 is 16.2 Å². The molecule has 0 saturated carbocycles. The highest BCUT2D eigenvalue weighted by atomic mass is 16.5. The van der Waals surface area contributed by atoms with Crippen LogP contribution in [0.15, 0.2) is 0 Å². The fourth-order valence-corrected chi connectivity index (χ4v) is 1.77. The fourth-order valence-electron chi connectivity index (χ4n) is 1.77. The predicted molar refractivity (Wildman–Crippen MR) is 58.3 cm³/mol. The van der Waals surface area contributed by atoms with Crippen molar-refractivity contribution in [3.63, 3.8) is 0 Å². The van der Waals surface area contributed by atoms with E-state index in [0.717, 1.165) is 26.2 Å². The van der Waals surface area contributed by atoms with Crippen LogP contribution in [0.4, 0.5) is 0 Å². The predicted octanol–water partition coefficient (Wildman–Crippen LogP) is -0.700. The van der Waals surface area contributed by atoms with Gasteiger partial charge in [-0.05, 0) is 20.3 Å². The largest absolute Gasteiger partial charge is 0.373 e. The summed E-state index contributed by atoms with van der Waals surface area (Å²) >= 11 is 0. The molecule has 0 aromatic heterocycles. The van der Waals surface area contributed by atoms with Crippen LogP contribution in [-0.2, 0) is 9.53 Å².